The summed E-state index contributed by atoms with van der Waals surface area (Å²) in [6.45, 7) is 0.941. The number of rotatable bonds is 6. The van der Waals surface area contributed by atoms with Gasteiger partial charge in [-0.2, -0.15) is 0 Å². The zero-order valence-corrected chi connectivity index (χ0v) is 16.9. The second-order valence-electron chi connectivity index (χ2n) is 6.75. The molecular weight excluding hydrogens is 399 g/mol. The Morgan fingerprint density at radius 2 is 1.89 bits per heavy atom. The molecule has 3 rings (SSSR count). The van der Waals surface area contributed by atoms with E-state index < -0.39 is 6.04 Å². The van der Waals surface area contributed by atoms with Crippen LogP contribution < -0.4 is 0 Å². The standard InChI is InChI=1S/C21H22Cl2N2O3/c22-16-8-9-18(23)17(13-16)20(27)25-10-4-7-19(25)21(28)24(11-12-26)14-15-5-2-1-3-6-15/h1-3,5-6,8-9,13,19,26H,4,7,10-12,14H2. The molecule has 1 saturated heterocycles. The summed E-state index contributed by atoms with van der Waals surface area (Å²) in [4.78, 5) is 29.4. The molecule has 1 unspecified atom stereocenters. The Balaban J connectivity index is 1.80. The Kier molecular flexibility index (Phi) is 6.94. The third kappa shape index (κ3) is 4.66. The molecule has 1 aliphatic rings. The molecule has 2 aromatic carbocycles. The topological polar surface area (TPSA) is 60.9 Å². The molecular formula is C21H22Cl2N2O3. The van der Waals surface area contributed by atoms with Crippen LogP contribution in [0.15, 0.2) is 48.5 Å². The first-order chi connectivity index (χ1) is 13.5. The molecule has 0 radical (unpaired) electrons. The first-order valence-corrected chi connectivity index (χ1v) is 9.96. The quantitative estimate of drug-likeness (QED) is 0.775. The van der Waals surface area contributed by atoms with Crippen LogP contribution in [0.3, 0.4) is 0 Å². The monoisotopic (exact) mass is 420 g/mol. The van der Waals surface area contributed by atoms with E-state index in [-0.39, 0.29) is 25.0 Å². The van der Waals surface area contributed by atoms with Gasteiger partial charge in [0.2, 0.25) is 5.91 Å². The number of likely N-dealkylation sites (tertiary alicyclic amines) is 1. The average Bonchev–Trinajstić information content (AvgIpc) is 3.19. The van der Waals surface area contributed by atoms with Crippen LogP contribution in [0.2, 0.25) is 10.0 Å². The van der Waals surface area contributed by atoms with E-state index in [1.54, 1.807) is 21.9 Å². The number of carbonyl (C=O) groups excluding carboxylic acids is 2. The largest absolute Gasteiger partial charge is 0.395 e. The number of aliphatic hydroxyl groups excluding tert-OH is 1. The number of amides is 2. The molecule has 148 valence electrons. The molecule has 2 aromatic rings. The van der Waals surface area contributed by atoms with Gasteiger partial charge in [0.15, 0.2) is 0 Å². The minimum absolute atomic E-state index is 0.140. The van der Waals surface area contributed by atoms with Gasteiger partial charge in [-0.25, -0.2) is 0 Å². The van der Waals surface area contributed by atoms with Gasteiger partial charge in [-0.1, -0.05) is 53.5 Å². The van der Waals surface area contributed by atoms with Crippen molar-refractivity contribution in [3.05, 3.63) is 69.7 Å². The van der Waals surface area contributed by atoms with Crippen molar-refractivity contribution in [3.8, 4) is 0 Å². The summed E-state index contributed by atoms with van der Waals surface area (Å²) in [7, 11) is 0. The van der Waals surface area contributed by atoms with Crippen molar-refractivity contribution in [1.82, 2.24) is 9.80 Å². The SMILES string of the molecule is O=C(C1CCCN1C(=O)c1cc(Cl)ccc1Cl)N(CCO)Cc1ccccc1. The van der Waals surface area contributed by atoms with E-state index in [2.05, 4.69) is 0 Å². The predicted molar refractivity (Wildman–Crippen MR) is 109 cm³/mol. The summed E-state index contributed by atoms with van der Waals surface area (Å²) < 4.78 is 0. The van der Waals surface area contributed by atoms with Gasteiger partial charge in [0, 0.05) is 24.7 Å². The summed E-state index contributed by atoms with van der Waals surface area (Å²) in [6.07, 6.45) is 1.32. The first kappa shape index (κ1) is 20.6. The Hall–Kier alpha value is -2.08. The van der Waals surface area contributed by atoms with Crippen LogP contribution in [-0.2, 0) is 11.3 Å². The van der Waals surface area contributed by atoms with Crippen LogP contribution in [0.1, 0.15) is 28.8 Å². The molecule has 1 heterocycles. The molecule has 0 aliphatic carbocycles. The minimum atomic E-state index is -0.571. The maximum atomic E-state index is 13.2. The Labute approximate surface area is 174 Å². The highest BCUT2D eigenvalue weighted by Crippen LogP contribution is 2.27. The van der Waals surface area contributed by atoms with E-state index in [0.717, 1.165) is 12.0 Å². The highest BCUT2D eigenvalue weighted by Gasteiger charge is 2.37. The van der Waals surface area contributed by atoms with Crippen molar-refractivity contribution in [2.24, 2.45) is 0 Å². The third-order valence-electron chi connectivity index (χ3n) is 4.86. The number of hydrogen-bond donors (Lipinski definition) is 1. The lowest BCUT2D eigenvalue weighted by atomic mass is 10.1. The molecule has 0 saturated carbocycles. The zero-order valence-electron chi connectivity index (χ0n) is 15.4. The molecule has 2 amide bonds. The van der Waals surface area contributed by atoms with Gasteiger partial charge in [-0.3, -0.25) is 9.59 Å². The van der Waals surface area contributed by atoms with Gasteiger partial charge in [-0.15, -0.1) is 0 Å². The maximum Gasteiger partial charge on any atom is 0.256 e. The van der Waals surface area contributed by atoms with Crippen LogP contribution in [0.25, 0.3) is 0 Å². The highest BCUT2D eigenvalue weighted by molar-refractivity contribution is 6.35. The molecule has 7 heteroatoms. The van der Waals surface area contributed by atoms with E-state index >= 15 is 0 Å². The molecule has 0 bridgehead atoms. The van der Waals surface area contributed by atoms with E-state index in [0.29, 0.717) is 35.1 Å². The molecule has 1 N–H and O–H groups in total. The number of carbonyl (C=O) groups is 2. The molecule has 1 atom stereocenters. The van der Waals surface area contributed by atoms with Gasteiger partial charge in [0.1, 0.15) is 6.04 Å². The van der Waals surface area contributed by atoms with E-state index in [9.17, 15) is 14.7 Å². The number of nitrogens with zero attached hydrogens (tertiary/aromatic N) is 2. The van der Waals surface area contributed by atoms with Crippen molar-refractivity contribution in [3.63, 3.8) is 0 Å². The van der Waals surface area contributed by atoms with Crippen molar-refractivity contribution in [2.75, 3.05) is 19.7 Å². The predicted octanol–water partition coefficient (Wildman–Crippen LogP) is 3.62. The summed E-state index contributed by atoms with van der Waals surface area (Å²) in [5.41, 5.74) is 1.27. The second-order valence-corrected chi connectivity index (χ2v) is 7.59. The lowest BCUT2D eigenvalue weighted by Crippen LogP contribution is -2.48. The fourth-order valence-electron chi connectivity index (χ4n) is 3.49. The number of hydrogen-bond acceptors (Lipinski definition) is 3. The van der Waals surface area contributed by atoms with Gasteiger partial charge < -0.3 is 14.9 Å². The van der Waals surface area contributed by atoms with E-state index in [4.69, 9.17) is 23.2 Å². The normalized spacial score (nSPS) is 16.2. The smallest absolute Gasteiger partial charge is 0.256 e. The summed E-state index contributed by atoms with van der Waals surface area (Å²) in [5.74, 6) is -0.464. The van der Waals surface area contributed by atoms with Crippen LogP contribution in [0.4, 0.5) is 0 Å². The maximum absolute atomic E-state index is 13.2. The van der Waals surface area contributed by atoms with Crippen LogP contribution in [0.5, 0.6) is 0 Å². The van der Waals surface area contributed by atoms with Crippen molar-refractivity contribution in [2.45, 2.75) is 25.4 Å². The van der Waals surface area contributed by atoms with Crippen LogP contribution in [-0.4, -0.2) is 52.5 Å². The average molecular weight is 421 g/mol. The van der Waals surface area contributed by atoms with Crippen molar-refractivity contribution < 1.29 is 14.7 Å². The summed E-state index contributed by atoms with van der Waals surface area (Å²) >= 11 is 12.2. The lowest BCUT2D eigenvalue weighted by molar-refractivity contribution is -0.136. The van der Waals surface area contributed by atoms with E-state index in [1.807, 2.05) is 30.3 Å². The van der Waals surface area contributed by atoms with Gasteiger partial charge in [0.25, 0.3) is 5.91 Å². The van der Waals surface area contributed by atoms with Gasteiger partial charge >= 0.3 is 0 Å². The Morgan fingerprint density at radius 1 is 1.14 bits per heavy atom. The minimum Gasteiger partial charge on any atom is -0.395 e. The second kappa shape index (κ2) is 9.41. The van der Waals surface area contributed by atoms with Gasteiger partial charge in [0.05, 0.1) is 17.2 Å². The zero-order chi connectivity index (χ0) is 20.1. The summed E-state index contributed by atoms with van der Waals surface area (Å²) in [6, 6.07) is 13.7. The van der Waals surface area contributed by atoms with Crippen molar-refractivity contribution >= 4 is 35.0 Å². The highest BCUT2D eigenvalue weighted by atomic mass is 35.5. The number of benzene rings is 2. The molecule has 0 aromatic heterocycles. The fourth-order valence-corrected chi connectivity index (χ4v) is 3.86. The van der Waals surface area contributed by atoms with Gasteiger partial charge in [-0.05, 0) is 36.6 Å². The number of aliphatic hydroxyl groups is 1. The molecule has 1 aliphatic heterocycles. The van der Waals surface area contributed by atoms with E-state index in [1.165, 1.54) is 6.07 Å². The first-order valence-electron chi connectivity index (χ1n) is 9.21. The van der Waals surface area contributed by atoms with Crippen LogP contribution >= 0.6 is 23.2 Å². The van der Waals surface area contributed by atoms with Crippen LogP contribution in [0, 0.1) is 0 Å². The molecule has 5 nitrogen and oxygen atoms in total. The Morgan fingerprint density at radius 3 is 2.61 bits per heavy atom. The Bertz CT molecular complexity index is 845. The number of halogens is 2. The lowest BCUT2D eigenvalue weighted by Gasteiger charge is -2.30. The fraction of sp³-hybridized carbons (Fsp3) is 0.333. The summed E-state index contributed by atoms with van der Waals surface area (Å²) in [5, 5.41) is 10.1. The third-order valence-corrected chi connectivity index (χ3v) is 5.42. The molecule has 28 heavy (non-hydrogen) atoms. The van der Waals surface area contributed by atoms with Crippen molar-refractivity contribution in [1.29, 1.82) is 0 Å². The molecule has 0 spiro atoms. The molecule has 1 fully saturated rings.